The van der Waals surface area contributed by atoms with Crippen molar-refractivity contribution in [2.24, 2.45) is 34.0 Å². The Bertz CT molecular complexity index is 2310. The molecule has 2 aromatic carbocycles. The molecule has 0 bridgehead atoms. The molecule has 1 fully saturated rings. The first-order valence-corrected chi connectivity index (χ1v) is 22.1. The maximum absolute atomic E-state index is 14.3. The lowest BCUT2D eigenvalue weighted by Crippen LogP contribution is -2.49. The Labute approximate surface area is 373 Å². The van der Waals surface area contributed by atoms with Gasteiger partial charge in [-0.1, -0.05) is 89.2 Å². The van der Waals surface area contributed by atoms with E-state index in [2.05, 4.69) is 110 Å². The van der Waals surface area contributed by atoms with Crippen LogP contribution in [0.4, 0.5) is 11.4 Å². The Morgan fingerprint density at radius 3 is 2.17 bits per heavy atom. The molecule has 4 N–H and O–H groups in total. The normalized spacial score (nSPS) is 18.9. The number of aromatic nitrogens is 3. The van der Waals surface area contributed by atoms with Gasteiger partial charge in [0.25, 0.3) is 5.91 Å². The van der Waals surface area contributed by atoms with E-state index in [4.69, 9.17) is 30.9 Å². The van der Waals surface area contributed by atoms with Crippen molar-refractivity contribution in [3.8, 4) is 22.9 Å². The van der Waals surface area contributed by atoms with Gasteiger partial charge in [0.05, 0.1) is 25.8 Å². The molecule has 13 heteroatoms. The van der Waals surface area contributed by atoms with Gasteiger partial charge in [0.2, 0.25) is 5.69 Å². The molecule has 0 saturated heterocycles. The molecular weight excluding hydrogens is 797 g/mol. The smallest absolute Gasteiger partial charge is 0.331 e. The number of esters is 1. The highest BCUT2D eigenvalue weighted by Gasteiger charge is 2.48. The van der Waals surface area contributed by atoms with E-state index in [1.54, 1.807) is 24.7 Å². The molecule has 0 aliphatic heterocycles. The van der Waals surface area contributed by atoms with Crippen molar-refractivity contribution in [3.63, 3.8) is 0 Å². The number of ether oxygens (including phenoxy) is 3. The fourth-order valence-corrected chi connectivity index (χ4v) is 9.43. The summed E-state index contributed by atoms with van der Waals surface area (Å²) in [5.41, 5.74) is 3.62. The van der Waals surface area contributed by atoms with Crippen LogP contribution in [0.1, 0.15) is 137 Å². The molecular formula is C50H70N6O7. The number of H-pyrrole nitrogens is 1. The number of aliphatic carboxylic acids is 1. The van der Waals surface area contributed by atoms with E-state index in [0.717, 1.165) is 30.4 Å². The predicted molar refractivity (Wildman–Crippen MR) is 248 cm³/mol. The first-order valence-electron chi connectivity index (χ1n) is 22.1. The number of benzene rings is 2. The van der Waals surface area contributed by atoms with Crippen molar-refractivity contribution in [1.29, 1.82) is 0 Å². The number of carboxylic acids is 1. The van der Waals surface area contributed by atoms with Gasteiger partial charge in [0.15, 0.2) is 17.6 Å². The molecule has 3 atom stereocenters. The summed E-state index contributed by atoms with van der Waals surface area (Å²) in [6.45, 7) is 36.6. The molecule has 0 radical (unpaired) electrons. The van der Waals surface area contributed by atoms with Gasteiger partial charge in [-0.25, -0.2) is 14.6 Å². The summed E-state index contributed by atoms with van der Waals surface area (Å²) < 4.78 is 20.2. The first kappa shape index (κ1) is 48.5. The van der Waals surface area contributed by atoms with E-state index in [9.17, 15) is 14.4 Å². The highest BCUT2D eigenvalue weighted by molar-refractivity contribution is 6.03. The van der Waals surface area contributed by atoms with E-state index < -0.39 is 23.9 Å². The molecule has 1 aliphatic carbocycles. The molecule has 63 heavy (non-hydrogen) atoms. The van der Waals surface area contributed by atoms with Gasteiger partial charge in [-0.05, 0) is 89.7 Å². The quantitative estimate of drug-likeness (QED) is 0.0673. The first-order chi connectivity index (χ1) is 29.2. The number of nitrogens with zero attached hydrogens (tertiary/aromatic N) is 3. The van der Waals surface area contributed by atoms with Gasteiger partial charge < -0.3 is 30.0 Å². The number of carbonyl (C=O) groups is 3. The third-order valence-corrected chi connectivity index (χ3v) is 12.4. The highest BCUT2D eigenvalue weighted by Crippen LogP contribution is 2.50. The topological polar surface area (TPSA) is 161 Å². The van der Waals surface area contributed by atoms with Crippen LogP contribution in [0.5, 0.6) is 11.5 Å². The number of hydrogen-bond donors (Lipinski definition) is 4. The Hall–Kier alpha value is -5.51. The molecule has 2 heterocycles. The number of carboxylic acid groups (broad SMARTS) is 1. The van der Waals surface area contributed by atoms with Gasteiger partial charge in [-0.2, -0.15) is 0 Å². The minimum atomic E-state index is -0.998. The van der Waals surface area contributed by atoms with Crippen molar-refractivity contribution in [2.75, 3.05) is 19.0 Å². The maximum atomic E-state index is 14.3. The largest absolute Gasteiger partial charge is 0.495 e. The van der Waals surface area contributed by atoms with Crippen molar-refractivity contribution in [1.82, 2.24) is 19.9 Å². The number of methoxy groups -OCH3 is 1. The second-order valence-electron chi connectivity index (χ2n) is 21.6. The third-order valence-electron chi connectivity index (χ3n) is 12.4. The number of anilines is 1. The Kier molecular flexibility index (Phi) is 14.4. The molecule has 1 saturated carbocycles. The maximum Gasteiger partial charge on any atom is 0.331 e. The van der Waals surface area contributed by atoms with Crippen LogP contribution in [-0.2, 0) is 26.3 Å². The van der Waals surface area contributed by atoms with Crippen molar-refractivity contribution in [2.45, 2.75) is 140 Å². The van der Waals surface area contributed by atoms with Gasteiger partial charge >= 0.3 is 11.9 Å². The SMILES string of the molecule is [C-]#[N+]c1cn2[nH]c(-c3ccc(OC)c(NCc4cc(C(C)(C)CC(C)(C)C)ccc4OC(C)C(=O)NCCC(=O)O)c3)nc2c1C(=O)OC1C(C(C)(C)C)CC(C)CC1C(C)(C)C. The summed E-state index contributed by atoms with van der Waals surface area (Å²) in [6.07, 6.45) is 3.03. The van der Waals surface area contributed by atoms with Crippen LogP contribution in [-0.4, -0.2) is 63.4 Å². The van der Waals surface area contributed by atoms with Crippen LogP contribution >= 0.6 is 0 Å². The summed E-state index contributed by atoms with van der Waals surface area (Å²) in [6, 6.07) is 11.6. The summed E-state index contributed by atoms with van der Waals surface area (Å²) in [4.78, 5) is 46.9. The molecule has 5 rings (SSSR count). The number of nitrogens with one attached hydrogen (secondary N) is 3. The Morgan fingerprint density at radius 1 is 0.968 bits per heavy atom. The number of fused-ring (bicyclic) bond motifs is 1. The molecule has 4 aromatic rings. The molecule has 1 aliphatic rings. The number of hydrogen-bond acceptors (Lipinski definition) is 8. The number of amides is 1. The van der Waals surface area contributed by atoms with E-state index in [-0.39, 0.29) is 63.8 Å². The number of aromatic amines is 1. The van der Waals surface area contributed by atoms with E-state index >= 15 is 0 Å². The second-order valence-corrected chi connectivity index (χ2v) is 21.6. The van der Waals surface area contributed by atoms with Gasteiger partial charge in [0.1, 0.15) is 23.2 Å². The molecule has 13 nitrogen and oxygen atoms in total. The molecule has 3 unspecified atom stereocenters. The highest BCUT2D eigenvalue weighted by atomic mass is 16.5. The van der Waals surface area contributed by atoms with Crippen LogP contribution in [0, 0.1) is 40.6 Å². The summed E-state index contributed by atoms with van der Waals surface area (Å²) in [5, 5.41) is 18.5. The fraction of sp³-hybridized carbons (Fsp3) is 0.580. The van der Waals surface area contributed by atoms with Crippen molar-refractivity contribution < 1.29 is 33.7 Å². The van der Waals surface area contributed by atoms with E-state index in [1.807, 2.05) is 30.3 Å². The predicted octanol–water partition coefficient (Wildman–Crippen LogP) is 10.9. The average molecular weight is 867 g/mol. The fourth-order valence-electron chi connectivity index (χ4n) is 9.43. The standard InChI is InChI=1S/C50H70N6O7/c1-29-22-34(48(6,7)8)42(35(23-29)49(9,10)11)63-46(60)41-37(51-14)27-56-44(41)54-43(55-56)31-16-18-39(61-15)36(25-31)53-26-32-24-33(50(12,13)28-47(3,4)5)17-19-38(32)62-30(2)45(59)52-21-20-40(57)58/h16-19,24-25,27,29-30,34-35,42,53H,20-23,26,28H2,1-13,15H3,(H,52,59)(H,54,55)(H,57,58). The second kappa shape index (κ2) is 18.7. The molecule has 1 amide bonds. The summed E-state index contributed by atoms with van der Waals surface area (Å²) in [5.74, 6) is 0.395. The minimum absolute atomic E-state index is 0.000455. The van der Waals surface area contributed by atoms with Crippen molar-refractivity contribution >= 4 is 34.9 Å². The lowest BCUT2D eigenvalue weighted by Gasteiger charge is -2.50. The minimum Gasteiger partial charge on any atom is -0.495 e. The Morgan fingerprint density at radius 2 is 1.60 bits per heavy atom. The molecule has 0 spiro atoms. The lowest BCUT2D eigenvalue weighted by atomic mass is 9.59. The zero-order chi connectivity index (χ0) is 46.8. The molecule has 2 aromatic heterocycles. The summed E-state index contributed by atoms with van der Waals surface area (Å²) in [7, 11) is 1.59. The van der Waals surface area contributed by atoms with Crippen LogP contribution in [0.3, 0.4) is 0 Å². The van der Waals surface area contributed by atoms with Crippen LogP contribution in [0.2, 0.25) is 0 Å². The van der Waals surface area contributed by atoms with Crippen LogP contribution in [0.15, 0.2) is 42.6 Å². The van der Waals surface area contributed by atoms with E-state index in [0.29, 0.717) is 46.7 Å². The van der Waals surface area contributed by atoms with Gasteiger partial charge in [0, 0.05) is 42.2 Å². The third kappa shape index (κ3) is 11.7. The van der Waals surface area contributed by atoms with Crippen LogP contribution < -0.4 is 20.1 Å². The van der Waals surface area contributed by atoms with Gasteiger partial charge in [-0.3, -0.25) is 19.2 Å². The Balaban J connectivity index is 1.47. The number of rotatable bonds is 15. The zero-order valence-corrected chi connectivity index (χ0v) is 39.9. The van der Waals surface area contributed by atoms with E-state index in [1.165, 1.54) is 0 Å². The number of carbonyl (C=O) groups excluding carboxylic acids is 2. The van der Waals surface area contributed by atoms with Crippen LogP contribution in [0.25, 0.3) is 21.9 Å². The zero-order valence-electron chi connectivity index (χ0n) is 39.9. The van der Waals surface area contributed by atoms with Crippen molar-refractivity contribution in [3.05, 3.63) is 70.7 Å². The average Bonchev–Trinajstić information content (AvgIpc) is 3.74. The summed E-state index contributed by atoms with van der Waals surface area (Å²) >= 11 is 0. The molecule has 342 valence electrons. The van der Waals surface area contributed by atoms with Gasteiger partial charge in [-0.15, -0.1) is 0 Å². The monoisotopic (exact) mass is 867 g/mol. The lowest BCUT2D eigenvalue weighted by molar-refractivity contribution is -0.137.